The van der Waals surface area contributed by atoms with Gasteiger partial charge in [0.05, 0.1) is 18.8 Å². The molecule has 8 N–H and O–H groups in total. The maximum absolute atomic E-state index is 10.1. The molecule has 2 aliphatic heterocycles. The molecule has 10 atom stereocenters. The molecule has 130 valence electrons. The Morgan fingerprint density at radius 2 is 1.59 bits per heavy atom. The molecule has 0 aromatic heterocycles. The van der Waals surface area contributed by atoms with Crippen LogP contribution in [0.5, 0.6) is 0 Å². The van der Waals surface area contributed by atoms with Crippen LogP contribution in [0, 0.1) is 0 Å². The van der Waals surface area contributed by atoms with E-state index in [9.17, 15) is 25.5 Å². The van der Waals surface area contributed by atoms with Crippen LogP contribution in [0.1, 0.15) is 6.92 Å². The quantitative estimate of drug-likeness (QED) is 0.268. The van der Waals surface area contributed by atoms with Crippen molar-refractivity contribution in [1.29, 1.82) is 0 Å². The average Bonchev–Trinajstić information content (AvgIpc) is 2.50. The van der Waals surface area contributed by atoms with Gasteiger partial charge in [-0.2, -0.15) is 0 Å². The van der Waals surface area contributed by atoms with Crippen LogP contribution < -0.4 is 5.73 Å². The molecule has 10 nitrogen and oxygen atoms in total. The van der Waals surface area contributed by atoms with Crippen LogP contribution in [0.25, 0.3) is 0 Å². The second kappa shape index (κ2) is 7.01. The molecular formula is C12H23NO9. The van der Waals surface area contributed by atoms with Crippen molar-refractivity contribution < 1.29 is 44.8 Å². The number of hydrogen-bond donors (Lipinski definition) is 7. The number of aliphatic hydroxyl groups is 6. The molecule has 10 heteroatoms. The number of hydrogen-bond acceptors (Lipinski definition) is 10. The van der Waals surface area contributed by atoms with Gasteiger partial charge in [-0.15, -0.1) is 0 Å². The molecule has 0 aromatic rings. The molecule has 2 fully saturated rings. The lowest BCUT2D eigenvalue weighted by Crippen LogP contribution is -2.66. The fourth-order valence-corrected chi connectivity index (χ4v) is 2.55. The molecule has 0 saturated carbocycles. The highest BCUT2D eigenvalue weighted by Gasteiger charge is 2.48. The Morgan fingerprint density at radius 3 is 2.18 bits per heavy atom. The first-order valence-electron chi connectivity index (χ1n) is 7.01. The van der Waals surface area contributed by atoms with Crippen molar-refractivity contribution in [3.8, 4) is 0 Å². The molecule has 22 heavy (non-hydrogen) atoms. The van der Waals surface area contributed by atoms with Crippen LogP contribution in [0.3, 0.4) is 0 Å². The molecular weight excluding hydrogens is 302 g/mol. The summed E-state index contributed by atoms with van der Waals surface area (Å²) < 4.78 is 15.6. The molecule has 2 heterocycles. The van der Waals surface area contributed by atoms with Crippen LogP contribution >= 0.6 is 0 Å². The molecule has 0 unspecified atom stereocenters. The Hall–Kier alpha value is -0.400. The van der Waals surface area contributed by atoms with Crippen LogP contribution in [-0.2, 0) is 14.2 Å². The van der Waals surface area contributed by atoms with E-state index in [0.29, 0.717) is 0 Å². The molecule has 0 amide bonds. The summed E-state index contributed by atoms with van der Waals surface area (Å²) in [6.07, 6.45) is -11.8. The summed E-state index contributed by atoms with van der Waals surface area (Å²) in [4.78, 5) is 0. The second-order valence-electron chi connectivity index (χ2n) is 5.60. The maximum atomic E-state index is 10.1. The lowest BCUT2D eigenvalue weighted by molar-refractivity contribution is -0.335. The van der Waals surface area contributed by atoms with Crippen molar-refractivity contribution in [2.24, 2.45) is 5.73 Å². The van der Waals surface area contributed by atoms with Crippen LogP contribution in [-0.4, -0.2) is 98.6 Å². The summed E-state index contributed by atoms with van der Waals surface area (Å²) >= 11 is 0. The van der Waals surface area contributed by atoms with Crippen molar-refractivity contribution >= 4 is 0 Å². The molecule has 0 aliphatic carbocycles. The van der Waals surface area contributed by atoms with E-state index in [1.165, 1.54) is 6.92 Å². The first-order valence-corrected chi connectivity index (χ1v) is 7.01. The number of nitrogens with two attached hydrogens (primary N) is 1. The van der Waals surface area contributed by atoms with Gasteiger partial charge >= 0.3 is 0 Å². The molecule has 0 aromatic carbocycles. The smallest absolute Gasteiger partial charge is 0.187 e. The van der Waals surface area contributed by atoms with Gasteiger partial charge in [0.1, 0.15) is 36.6 Å². The third-order valence-corrected chi connectivity index (χ3v) is 4.02. The fraction of sp³-hybridized carbons (Fsp3) is 1.00. The summed E-state index contributed by atoms with van der Waals surface area (Å²) in [6, 6.07) is -1.16. The monoisotopic (exact) mass is 325 g/mol. The SMILES string of the molecule is C[C@@H]1O[C@@H](O[C@@H]2[C@@H](N)[C@H](O)O[C@H](CO)[C@H]2O)[C@H](O)[C@H](O)[C@H]1O. The Bertz CT molecular complexity index is 373. The van der Waals surface area contributed by atoms with E-state index in [4.69, 9.17) is 25.1 Å². The van der Waals surface area contributed by atoms with Crippen molar-refractivity contribution in [2.45, 2.75) is 68.3 Å². The first-order chi connectivity index (χ1) is 10.3. The Kier molecular flexibility index (Phi) is 5.72. The van der Waals surface area contributed by atoms with Crippen molar-refractivity contribution in [3.05, 3.63) is 0 Å². The zero-order valence-electron chi connectivity index (χ0n) is 12.0. The van der Waals surface area contributed by atoms with Crippen LogP contribution in [0.2, 0.25) is 0 Å². The lowest BCUT2D eigenvalue weighted by Gasteiger charge is -2.45. The van der Waals surface area contributed by atoms with Gasteiger partial charge in [0.15, 0.2) is 12.6 Å². The third kappa shape index (κ3) is 3.26. The summed E-state index contributed by atoms with van der Waals surface area (Å²) in [5.74, 6) is 0. The van der Waals surface area contributed by atoms with Gasteiger partial charge in [-0.25, -0.2) is 0 Å². The van der Waals surface area contributed by atoms with E-state index in [2.05, 4.69) is 0 Å². The van der Waals surface area contributed by atoms with E-state index in [-0.39, 0.29) is 0 Å². The highest BCUT2D eigenvalue weighted by Crippen LogP contribution is 2.27. The predicted molar refractivity (Wildman–Crippen MR) is 69.2 cm³/mol. The number of ether oxygens (including phenoxy) is 3. The lowest BCUT2D eigenvalue weighted by atomic mass is 9.96. The predicted octanol–water partition coefficient (Wildman–Crippen LogP) is -4.40. The zero-order valence-corrected chi connectivity index (χ0v) is 12.0. The first kappa shape index (κ1) is 17.9. The van der Waals surface area contributed by atoms with E-state index in [1.807, 2.05) is 0 Å². The third-order valence-electron chi connectivity index (χ3n) is 4.02. The number of rotatable bonds is 3. The van der Waals surface area contributed by atoms with Gasteiger partial charge < -0.3 is 50.6 Å². The highest BCUT2D eigenvalue weighted by molar-refractivity contribution is 4.94. The van der Waals surface area contributed by atoms with E-state index in [1.54, 1.807) is 0 Å². The van der Waals surface area contributed by atoms with E-state index >= 15 is 0 Å². The minimum absolute atomic E-state index is 0.573. The van der Waals surface area contributed by atoms with Crippen LogP contribution in [0.4, 0.5) is 0 Å². The standard InChI is InChI=1S/C12H23NO9/c1-3-6(15)8(17)9(18)12(20-3)22-10-5(13)11(19)21-4(2-14)7(10)16/h3-12,14-19H,2,13H2,1H3/t3-,4+,5+,6-,7+,8+,9+,10+,11+,12-/m0/s1. The highest BCUT2D eigenvalue weighted by atomic mass is 16.7. The normalized spacial score (nSPS) is 53.5. The molecule has 0 spiro atoms. The molecule has 2 rings (SSSR count). The minimum atomic E-state index is -1.57. The summed E-state index contributed by atoms with van der Waals surface area (Å²) in [5, 5.41) is 58.1. The Balaban J connectivity index is 2.10. The van der Waals surface area contributed by atoms with Gasteiger partial charge in [-0.3, -0.25) is 0 Å². The zero-order chi connectivity index (χ0) is 16.6. The molecule has 0 bridgehead atoms. The average molecular weight is 325 g/mol. The van der Waals surface area contributed by atoms with Gasteiger partial charge in [0, 0.05) is 0 Å². The largest absolute Gasteiger partial charge is 0.394 e. The van der Waals surface area contributed by atoms with E-state index < -0.39 is 68.0 Å². The Labute approximate surface area is 126 Å². The molecule has 0 radical (unpaired) electrons. The topological polar surface area (TPSA) is 175 Å². The van der Waals surface area contributed by atoms with E-state index in [0.717, 1.165) is 0 Å². The van der Waals surface area contributed by atoms with Gasteiger partial charge in [-0.05, 0) is 6.92 Å². The summed E-state index contributed by atoms with van der Waals surface area (Å²) in [5.41, 5.74) is 5.70. The van der Waals surface area contributed by atoms with Crippen molar-refractivity contribution in [3.63, 3.8) is 0 Å². The summed E-state index contributed by atoms with van der Waals surface area (Å²) in [6.45, 7) is 0.901. The van der Waals surface area contributed by atoms with Crippen LogP contribution in [0.15, 0.2) is 0 Å². The maximum Gasteiger partial charge on any atom is 0.187 e. The van der Waals surface area contributed by atoms with Crippen molar-refractivity contribution in [1.82, 2.24) is 0 Å². The second-order valence-corrected chi connectivity index (χ2v) is 5.60. The molecule has 2 saturated heterocycles. The van der Waals surface area contributed by atoms with Gasteiger partial charge in [-0.1, -0.05) is 0 Å². The Morgan fingerprint density at radius 1 is 0.955 bits per heavy atom. The van der Waals surface area contributed by atoms with Gasteiger partial charge in [0.25, 0.3) is 0 Å². The number of aliphatic hydroxyl groups excluding tert-OH is 6. The van der Waals surface area contributed by atoms with Crippen molar-refractivity contribution in [2.75, 3.05) is 6.61 Å². The summed E-state index contributed by atoms with van der Waals surface area (Å²) in [7, 11) is 0. The van der Waals surface area contributed by atoms with Gasteiger partial charge in [0.2, 0.25) is 0 Å². The minimum Gasteiger partial charge on any atom is -0.394 e. The fourth-order valence-electron chi connectivity index (χ4n) is 2.55. The molecule has 2 aliphatic rings.